The van der Waals surface area contributed by atoms with Gasteiger partial charge in [0.05, 0.1) is 17.2 Å². The van der Waals surface area contributed by atoms with Crippen molar-refractivity contribution < 1.29 is 125 Å². The number of aromatic hydroxyl groups is 16. The molecular formula is C52H49NO25. The molecule has 2 aliphatic heterocycles. The van der Waals surface area contributed by atoms with E-state index in [1.165, 1.54) is 6.92 Å². The Labute approximate surface area is 438 Å². The van der Waals surface area contributed by atoms with E-state index >= 15 is 0 Å². The summed E-state index contributed by atoms with van der Waals surface area (Å²) in [5, 5.41) is 185. The molecule has 26 nitrogen and oxygen atoms in total. The molecule has 6 aromatic rings. The van der Waals surface area contributed by atoms with Gasteiger partial charge in [-0.05, 0) is 62.4 Å². The molecule has 6 atom stereocenters. The number of hydrogen-bond acceptors (Lipinski definition) is 25. The van der Waals surface area contributed by atoms with Crippen LogP contribution in [0.5, 0.6) is 103 Å². The third kappa shape index (κ3) is 10.1. The van der Waals surface area contributed by atoms with Crippen molar-refractivity contribution in [2.75, 3.05) is 13.2 Å². The van der Waals surface area contributed by atoms with Crippen LogP contribution in [0.3, 0.4) is 0 Å². The highest BCUT2D eigenvalue weighted by Gasteiger charge is 2.45. The van der Waals surface area contributed by atoms with Crippen LogP contribution in [0.1, 0.15) is 86.1 Å². The summed E-state index contributed by atoms with van der Waals surface area (Å²) >= 11 is 0. The smallest absolute Gasteiger partial charge is 0.338 e. The fourth-order valence-corrected chi connectivity index (χ4v) is 9.17. The lowest BCUT2D eigenvalue weighted by Gasteiger charge is -2.38. The van der Waals surface area contributed by atoms with Gasteiger partial charge in [-0.2, -0.15) is 0 Å². The summed E-state index contributed by atoms with van der Waals surface area (Å²) in [6.45, 7) is 2.23. The second-order valence-corrected chi connectivity index (χ2v) is 18.1. The number of carbonyl (C=O) groups is 3. The van der Waals surface area contributed by atoms with Gasteiger partial charge in [-0.25, -0.2) is 9.59 Å². The molecule has 0 fully saturated rings. The van der Waals surface area contributed by atoms with Gasteiger partial charge in [0.1, 0.15) is 46.7 Å². The number of aliphatic hydroxyl groups excluding tert-OH is 1. The topological polar surface area (TPSA) is 453 Å². The van der Waals surface area contributed by atoms with Gasteiger partial charge in [0, 0.05) is 77.4 Å². The quantitative estimate of drug-likeness (QED) is 0.0544. The van der Waals surface area contributed by atoms with Crippen molar-refractivity contribution in [3.8, 4) is 103 Å². The number of amides is 1. The van der Waals surface area contributed by atoms with E-state index in [4.69, 9.17) is 23.7 Å². The van der Waals surface area contributed by atoms with Crippen molar-refractivity contribution in [3.63, 3.8) is 0 Å². The maximum Gasteiger partial charge on any atom is 0.338 e. The van der Waals surface area contributed by atoms with Crippen LogP contribution in [0.2, 0.25) is 0 Å². The highest BCUT2D eigenvalue weighted by molar-refractivity contribution is 5.92. The largest absolute Gasteiger partial charge is 0.507 e. The van der Waals surface area contributed by atoms with Crippen LogP contribution in [0.4, 0.5) is 0 Å². The van der Waals surface area contributed by atoms with Crippen LogP contribution in [0.15, 0.2) is 60.7 Å². The molecule has 8 rings (SSSR count). The number of ether oxygens (including phenoxy) is 5. The minimum absolute atomic E-state index is 0.0612. The number of phenols is 16. The molecular weight excluding hydrogens is 1040 g/mol. The molecule has 1 unspecified atom stereocenters. The zero-order chi connectivity index (χ0) is 56.9. The minimum atomic E-state index is -1.87. The number of carbonyl (C=O) groups excluding carboxylic acids is 3. The maximum absolute atomic E-state index is 13.8. The second kappa shape index (κ2) is 21.0. The number of hydrogen-bond donors (Lipinski definition) is 18. The Hall–Kier alpha value is -9.95. The lowest BCUT2D eigenvalue weighted by molar-refractivity contribution is -0.136. The summed E-state index contributed by atoms with van der Waals surface area (Å²) in [7, 11) is 0. The van der Waals surface area contributed by atoms with Crippen LogP contribution in [-0.2, 0) is 31.8 Å². The van der Waals surface area contributed by atoms with Gasteiger partial charge >= 0.3 is 11.9 Å². The summed E-state index contributed by atoms with van der Waals surface area (Å²) in [4.78, 5) is 41.2. The van der Waals surface area contributed by atoms with Crippen LogP contribution in [-0.4, -0.2) is 142 Å². The van der Waals surface area contributed by atoms with E-state index < -0.39 is 206 Å². The van der Waals surface area contributed by atoms with E-state index in [-0.39, 0.29) is 28.9 Å². The number of rotatable bonds is 14. The van der Waals surface area contributed by atoms with Gasteiger partial charge in [0.15, 0.2) is 87.3 Å². The highest BCUT2D eigenvalue weighted by Crippen LogP contribution is 2.56. The molecule has 2 heterocycles. The van der Waals surface area contributed by atoms with Crippen LogP contribution in [0.25, 0.3) is 0 Å². The number of nitrogens with one attached hydrogen (secondary N) is 1. The van der Waals surface area contributed by atoms with E-state index in [2.05, 4.69) is 5.32 Å². The summed E-state index contributed by atoms with van der Waals surface area (Å²) in [5.41, 5.74) is -3.09. The lowest BCUT2D eigenvalue weighted by Crippen LogP contribution is -2.43. The molecule has 0 saturated heterocycles. The molecule has 0 bridgehead atoms. The Morgan fingerprint density at radius 1 is 0.513 bits per heavy atom. The Balaban J connectivity index is 1.32. The summed E-state index contributed by atoms with van der Waals surface area (Å²) in [6.07, 6.45) is -11.1. The zero-order valence-corrected chi connectivity index (χ0v) is 40.5. The van der Waals surface area contributed by atoms with E-state index in [1.54, 1.807) is 6.92 Å². The summed E-state index contributed by atoms with van der Waals surface area (Å²) < 4.78 is 29.9. The number of esters is 2. The van der Waals surface area contributed by atoms with Gasteiger partial charge in [-0.1, -0.05) is 0 Å². The van der Waals surface area contributed by atoms with Gasteiger partial charge in [-0.3, -0.25) is 4.79 Å². The predicted octanol–water partition coefficient (Wildman–Crippen LogP) is 3.81. The zero-order valence-electron chi connectivity index (χ0n) is 40.5. The van der Waals surface area contributed by atoms with Gasteiger partial charge < -0.3 is 116 Å². The lowest BCUT2D eigenvalue weighted by atomic mass is 9.82. The van der Waals surface area contributed by atoms with E-state index in [9.17, 15) is 101 Å². The predicted molar refractivity (Wildman–Crippen MR) is 260 cm³/mol. The molecule has 26 heteroatoms. The normalized spacial score (nSPS) is 17.4. The van der Waals surface area contributed by atoms with Crippen molar-refractivity contribution >= 4 is 17.8 Å². The Bertz CT molecular complexity index is 3100. The third-order valence-electron chi connectivity index (χ3n) is 13.0. The van der Waals surface area contributed by atoms with Crippen LogP contribution >= 0.6 is 0 Å². The van der Waals surface area contributed by atoms with E-state index in [1.807, 2.05) is 0 Å². The first-order valence-electron chi connectivity index (χ1n) is 23.3. The van der Waals surface area contributed by atoms with Crippen LogP contribution in [0, 0.1) is 0 Å². The summed E-state index contributed by atoms with van der Waals surface area (Å²) in [6, 6.07) is 8.08. The number of fused-ring (bicyclic) bond motifs is 2. The fraction of sp³-hybridized carbons (Fsp3) is 0.250. The van der Waals surface area contributed by atoms with E-state index in [0.717, 1.165) is 60.7 Å². The number of benzene rings is 6. The third-order valence-corrected chi connectivity index (χ3v) is 13.0. The first-order chi connectivity index (χ1) is 36.8. The van der Waals surface area contributed by atoms with E-state index in [0.29, 0.717) is 0 Å². The minimum Gasteiger partial charge on any atom is -0.507 e. The molecule has 78 heavy (non-hydrogen) atoms. The van der Waals surface area contributed by atoms with Gasteiger partial charge in [-0.15, -0.1) is 0 Å². The van der Waals surface area contributed by atoms with Crippen molar-refractivity contribution in [3.05, 3.63) is 105 Å². The molecule has 0 aliphatic carbocycles. The Morgan fingerprint density at radius 2 is 0.846 bits per heavy atom. The first kappa shape index (κ1) is 54.3. The SMILES string of the molecule is CCO[C@@H](C)C(O)C(=O)NCC(c1c(O)cc(O)c2c1O[C@H](c1cc(O)c(O)c(O)c1)[C@H](OC(=O)c1cc(O)c(O)c(O)c1)C2)c1c(O)cc(O)c2c1O[C@H](c1cc(O)c(O)c(O)c1)[C@H](OC(=O)c1cc(O)c(O)c(O)c1)C2. The van der Waals surface area contributed by atoms with Crippen molar-refractivity contribution in [2.24, 2.45) is 0 Å². The molecule has 1 amide bonds. The molecule has 0 saturated carbocycles. The average molecular weight is 1090 g/mol. The number of aliphatic hydroxyl groups is 1. The Morgan fingerprint density at radius 3 is 1.18 bits per heavy atom. The van der Waals surface area contributed by atoms with Crippen molar-refractivity contribution in [1.29, 1.82) is 0 Å². The molecule has 6 aromatic carbocycles. The molecule has 2 aliphatic rings. The fourth-order valence-electron chi connectivity index (χ4n) is 9.17. The average Bonchev–Trinajstić information content (AvgIpc) is 3.51. The van der Waals surface area contributed by atoms with Gasteiger partial charge in [0.2, 0.25) is 0 Å². The molecule has 0 radical (unpaired) electrons. The maximum atomic E-state index is 13.8. The monoisotopic (exact) mass is 1090 g/mol. The van der Waals surface area contributed by atoms with Crippen molar-refractivity contribution in [1.82, 2.24) is 5.32 Å². The van der Waals surface area contributed by atoms with Crippen molar-refractivity contribution in [2.45, 2.75) is 69.2 Å². The summed E-state index contributed by atoms with van der Waals surface area (Å²) in [5.74, 6) is -21.1. The standard InChI is InChI=1S/C52H49NO25/c1-3-74-17(2)41(66)50(71)53-16-24(39-27(56)14-25(54)22-12-37(75-51(72)20-8-33(62)44(69)34(63)9-20)46(77-48(22)39)18-4-29(58)42(67)30(59)5-18)40-28(57)15-26(55)23-13-38(76-52(73)21-10-35(64)45(70)36(65)11-21)47(78-49(23)40)19-6-31(60)43(68)32(61)7-19/h4-11,14-15,17,24,37-38,41,46-47,54-70H,3,12-13,16H2,1-2H3,(H,53,71)/t17-,37+,38+,41?,46+,47+/m0/s1. The number of phenolic OH excluding ortho intramolecular Hbond substituents is 16. The molecule has 0 spiro atoms. The van der Waals surface area contributed by atoms with Crippen LogP contribution < -0.4 is 14.8 Å². The molecule has 412 valence electrons. The highest BCUT2D eigenvalue weighted by atomic mass is 16.6. The first-order valence-corrected chi connectivity index (χ1v) is 23.3. The Kier molecular flexibility index (Phi) is 14.6. The van der Waals surface area contributed by atoms with Gasteiger partial charge in [0.25, 0.3) is 5.91 Å². The molecule has 18 N–H and O–H groups in total. The second-order valence-electron chi connectivity index (χ2n) is 18.1. The molecule has 0 aromatic heterocycles.